The van der Waals surface area contributed by atoms with Crippen LogP contribution in [0.25, 0.3) is 43.7 Å². The van der Waals surface area contributed by atoms with Gasteiger partial charge in [0.15, 0.2) is 5.82 Å². The first-order chi connectivity index (χ1) is 11.9. The predicted molar refractivity (Wildman–Crippen MR) is 95.5 cm³/mol. The largest absolute Gasteiger partial charge is 0.496 e. The van der Waals surface area contributed by atoms with Crippen molar-refractivity contribution in [2.24, 2.45) is 0 Å². The fraction of sp³-hybridized carbons (Fsp3) is 0.0500. The molecule has 5 rings (SSSR count). The van der Waals surface area contributed by atoms with Crippen LogP contribution in [0.4, 0.5) is 0 Å². The average Bonchev–Trinajstić information content (AvgIpc) is 2.66. The fourth-order valence-electron chi connectivity index (χ4n) is 3.54. The number of rotatable bonds is 2. The quantitative estimate of drug-likeness (QED) is 0.452. The maximum atomic E-state index is 5.65. The second kappa shape index (κ2) is 4.86. The van der Waals surface area contributed by atoms with Gasteiger partial charge in [0.25, 0.3) is 0 Å². The smallest absolute Gasteiger partial charge is 0.167 e. The molecule has 0 saturated heterocycles. The van der Waals surface area contributed by atoms with Gasteiger partial charge < -0.3 is 4.74 Å². The van der Waals surface area contributed by atoms with Crippen molar-refractivity contribution in [3.05, 3.63) is 61.2 Å². The van der Waals surface area contributed by atoms with E-state index >= 15 is 0 Å². The molecule has 0 bridgehead atoms. The van der Waals surface area contributed by atoms with E-state index < -0.39 is 0 Å². The summed E-state index contributed by atoms with van der Waals surface area (Å²) in [7, 11) is 1.68. The van der Waals surface area contributed by atoms with Crippen molar-refractivity contribution < 1.29 is 4.74 Å². The van der Waals surface area contributed by atoms with Crippen LogP contribution in [0.5, 0.6) is 5.75 Å². The van der Waals surface area contributed by atoms with Gasteiger partial charge in [-0.2, -0.15) is 0 Å². The van der Waals surface area contributed by atoms with Crippen LogP contribution in [-0.4, -0.2) is 22.1 Å². The summed E-state index contributed by atoms with van der Waals surface area (Å²) in [6, 6.07) is 17.0. The third-order valence-electron chi connectivity index (χ3n) is 4.55. The van der Waals surface area contributed by atoms with E-state index in [2.05, 4.69) is 63.5 Å². The molecule has 4 nitrogen and oxygen atoms in total. The second-order valence-electron chi connectivity index (χ2n) is 5.77. The standard InChI is InChI=1S/C20H13N3O/c1-24-16-9-14-6-5-12-3-2-4-13-7-8-15(18(14)17(12)13)19(16)20-22-10-21-11-23-20/h2-11H,1H3. The first-order valence-corrected chi connectivity index (χ1v) is 7.74. The molecule has 114 valence electrons. The van der Waals surface area contributed by atoms with E-state index in [1.165, 1.54) is 34.2 Å². The number of nitrogens with zero attached hydrogens (tertiary/aromatic N) is 3. The lowest BCUT2D eigenvalue weighted by Crippen LogP contribution is -1.96. The lowest BCUT2D eigenvalue weighted by molar-refractivity contribution is 0.417. The molecule has 0 saturated carbocycles. The summed E-state index contributed by atoms with van der Waals surface area (Å²) in [6.45, 7) is 0. The van der Waals surface area contributed by atoms with Gasteiger partial charge in [-0.05, 0) is 38.4 Å². The van der Waals surface area contributed by atoms with Gasteiger partial charge in [0.1, 0.15) is 18.4 Å². The summed E-state index contributed by atoms with van der Waals surface area (Å²) >= 11 is 0. The summed E-state index contributed by atoms with van der Waals surface area (Å²) < 4.78 is 5.65. The summed E-state index contributed by atoms with van der Waals surface area (Å²) in [5, 5.41) is 7.21. The minimum absolute atomic E-state index is 0.625. The highest BCUT2D eigenvalue weighted by atomic mass is 16.5. The van der Waals surface area contributed by atoms with Gasteiger partial charge in [-0.3, -0.25) is 0 Å². The zero-order valence-electron chi connectivity index (χ0n) is 13.0. The average molecular weight is 311 g/mol. The molecule has 5 aromatic rings. The number of benzene rings is 4. The summed E-state index contributed by atoms with van der Waals surface area (Å²) in [4.78, 5) is 12.6. The normalized spacial score (nSPS) is 11.5. The summed E-state index contributed by atoms with van der Waals surface area (Å²) in [5.41, 5.74) is 0.908. The van der Waals surface area contributed by atoms with Crippen LogP contribution in [0.1, 0.15) is 0 Å². The molecule has 0 radical (unpaired) electrons. The van der Waals surface area contributed by atoms with Crippen LogP contribution in [0.2, 0.25) is 0 Å². The van der Waals surface area contributed by atoms with E-state index in [1.54, 1.807) is 7.11 Å². The highest BCUT2D eigenvalue weighted by Gasteiger charge is 2.17. The highest BCUT2D eigenvalue weighted by molar-refractivity contribution is 6.26. The molecule has 0 fully saturated rings. The molecular weight excluding hydrogens is 298 g/mol. The van der Waals surface area contributed by atoms with E-state index in [9.17, 15) is 0 Å². The van der Waals surface area contributed by atoms with Gasteiger partial charge in [0, 0.05) is 0 Å². The summed E-state index contributed by atoms with van der Waals surface area (Å²) in [6.07, 6.45) is 3.03. The third-order valence-corrected chi connectivity index (χ3v) is 4.55. The highest BCUT2D eigenvalue weighted by Crippen LogP contribution is 2.42. The minimum atomic E-state index is 0.625. The van der Waals surface area contributed by atoms with Crippen molar-refractivity contribution in [3.8, 4) is 17.1 Å². The molecule has 0 aliphatic rings. The number of methoxy groups -OCH3 is 1. The third kappa shape index (κ3) is 1.71. The Morgan fingerprint density at radius 2 is 1.50 bits per heavy atom. The first-order valence-electron chi connectivity index (χ1n) is 7.74. The van der Waals surface area contributed by atoms with Crippen LogP contribution < -0.4 is 4.74 Å². The molecule has 24 heavy (non-hydrogen) atoms. The van der Waals surface area contributed by atoms with Gasteiger partial charge in [-0.1, -0.05) is 42.5 Å². The Labute approximate surface area is 138 Å². The molecule has 1 aromatic heterocycles. The molecule has 4 heteroatoms. The maximum Gasteiger partial charge on any atom is 0.167 e. The Morgan fingerprint density at radius 3 is 2.25 bits per heavy atom. The number of ether oxygens (including phenoxy) is 1. The first kappa shape index (κ1) is 13.2. The van der Waals surface area contributed by atoms with E-state index in [0.717, 1.165) is 22.1 Å². The molecule has 0 spiro atoms. The van der Waals surface area contributed by atoms with Gasteiger partial charge in [0.05, 0.1) is 12.7 Å². The zero-order chi connectivity index (χ0) is 16.1. The zero-order valence-corrected chi connectivity index (χ0v) is 13.0. The van der Waals surface area contributed by atoms with Crippen LogP contribution >= 0.6 is 0 Å². The molecule has 0 amide bonds. The predicted octanol–water partition coefficient (Wildman–Crippen LogP) is 4.44. The SMILES string of the molecule is COc1cc2ccc3cccc4ccc(c1-c1ncncn1)c2c34. The van der Waals surface area contributed by atoms with Gasteiger partial charge in [-0.25, -0.2) is 15.0 Å². The Balaban J connectivity index is 2.05. The molecule has 0 atom stereocenters. The van der Waals surface area contributed by atoms with Crippen LogP contribution in [0, 0.1) is 0 Å². The van der Waals surface area contributed by atoms with Crippen LogP contribution in [-0.2, 0) is 0 Å². The number of hydrogen-bond acceptors (Lipinski definition) is 4. The van der Waals surface area contributed by atoms with E-state index in [-0.39, 0.29) is 0 Å². The Kier molecular flexibility index (Phi) is 2.67. The van der Waals surface area contributed by atoms with E-state index in [0.29, 0.717) is 5.82 Å². The van der Waals surface area contributed by atoms with Gasteiger partial charge in [-0.15, -0.1) is 0 Å². The minimum Gasteiger partial charge on any atom is -0.496 e. The van der Waals surface area contributed by atoms with Crippen molar-refractivity contribution in [1.29, 1.82) is 0 Å². The topological polar surface area (TPSA) is 47.9 Å². The lowest BCUT2D eigenvalue weighted by Gasteiger charge is -2.16. The Bertz CT molecular complexity index is 1170. The van der Waals surface area contributed by atoms with Crippen molar-refractivity contribution in [2.45, 2.75) is 0 Å². The van der Waals surface area contributed by atoms with Gasteiger partial charge >= 0.3 is 0 Å². The molecule has 0 aliphatic heterocycles. The Hall–Kier alpha value is -3.27. The van der Waals surface area contributed by atoms with Gasteiger partial charge in [0.2, 0.25) is 0 Å². The molecular formula is C20H13N3O. The van der Waals surface area contributed by atoms with E-state index in [1.807, 2.05) is 0 Å². The summed E-state index contributed by atoms with van der Waals surface area (Å²) in [5.74, 6) is 1.40. The molecule has 0 N–H and O–H groups in total. The van der Waals surface area contributed by atoms with Crippen molar-refractivity contribution >= 4 is 32.3 Å². The maximum absolute atomic E-state index is 5.65. The van der Waals surface area contributed by atoms with E-state index in [4.69, 9.17) is 4.74 Å². The van der Waals surface area contributed by atoms with Crippen molar-refractivity contribution in [1.82, 2.24) is 15.0 Å². The lowest BCUT2D eigenvalue weighted by atomic mass is 9.91. The fourth-order valence-corrected chi connectivity index (χ4v) is 3.54. The van der Waals surface area contributed by atoms with Crippen LogP contribution in [0.3, 0.4) is 0 Å². The molecule has 1 heterocycles. The molecule has 0 aliphatic carbocycles. The second-order valence-corrected chi connectivity index (χ2v) is 5.77. The molecule has 4 aromatic carbocycles. The monoisotopic (exact) mass is 311 g/mol. The number of aromatic nitrogens is 3. The number of hydrogen-bond donors (Lipinski definition) is 0. The Morgan fingerprint density at radius 1 is 0.792 bits per heavy atom. The molecule has 0 unspecified atom stereocenters. The van der Waals surface area contributed by atoms with Crippen molar-refractivity contribution in [3.63, 3.8) is 0 Å². The van der Waals surface area contributed by atoms with Crippen molar-refractivity contribution in [2.75, 3.05) is 7.11 Å². The van der Waals surface area contributed by atoms with Crippen LogP contribution in [0.15, 0.2) is 61.2 Å².